The minimum Gasteiger partial charge on any atom is -0.394 e. The maximum atomic E-state index is 12.3. The molecule has 1 amide bonds. The van der Waals surface area contributed by atoms with Gasteiger partial charge in [0.15, 0.2) is 0 Å². The van der Waals surface area contributed by atoms with Gasteiger partial charge in [0.1, 0.15) is 0 Å². The standard InChI is InChI=1S/C43H79NO3/c1-3-5-7-9-11-13-15-17-19-20-21-22-23-24-25-26-28-30-32-34-36-38-42(46)41(40-45)44-43(47)39-37-35-33-31-29-27-18-16-14-12-10-8-6-4-2/h10,12,16,18,28,30,36,38,41-42,45-46H,3-9,11,13-15,17,19-27,29,31-35,37,39-40H2,1-2H3,(H,44,47)/b12-10-,18-16-,30-28+,38-36+. The molecule has 0 radical (unpaired) electrons. The molecule has 47 heavy (non-hydrogen) atoms. The van der Waals surface area contributed by atoms with Crippen LogP contribution in [0.4, 0.5) is 0 Å². The van der Waals surface area contributed by atoms with Crippen LogP contribution in [0.1, 0.15) is 200 Å². The summed E-state index contributed by atoms with van der Waals surface area (Å²) in [7, 11) is 0. The lowest BCUT2D eigenvalue weighted by molar-refractivity contribution is -0.123. The van der Waals surface area contributed by atoms with E-state index in [1.54, 1.807) is 6.08 Å². The second kappa shape index (κ2) is 38.8. The quantitative estimate of drug-likeness (QED) is 0.0464. The number of aliphatic hydroxyl groups is 2. The van der Waals surface area contributed by atoms with Gasteiger partial charge in [-0.25, -0.2) is 0 Å². The smallest absolute Gasteiger partial charge is 0.220 e. The molecule has 0 fully saturated rings. The molecule has 0 spiro atoms. The Labute approximate surface area is 293 Å². The summed E-state index contributed by atoms with van der Waals surface area (Å²) >= 11 is 0. The Balaban J connectivity index is 3.65. The van der Waals surface area contributed by atoms with Crippen LogP contribution in [0, 0.1) is 0 Å². The van der Waals surface area contributed by atoms with Crippen molar-refractivity contribution in [3.8, 4) is 0 Å². The SMILES string of the molecule is CCCC/C=C\C/C=C\CCCCCCCC(=O)NC(CO)C(O)/C=C/CC/C=C/CCCCCCCCCCCCCCCCC. The van der Waals surface area contributed by atoms with Crippen molar-refractivity contribution >= 4 is 5.91 Å². The highest BCUT2D eigenvalue weighted by Crippen LogP contribution is 2.14. The van der Waals surface area contributed by atoms with Crippen LogP contribution in [0.15, 0.2) is 48.6 Å². The second-order valence-corrected chi connectivity index (χ2v) is 13.7. The van der Waals surface area contributed by atoms with Crippen molar-refractivity contribution in [3.63, 3.8) is 0 Å². The number of carbonyl (C=O) groups excluding carboxylic acids is 1. The summed E-state index contributed by atoms with van der Waals surface area (Å²) in [6.07, 6.45) is 52.1. The number of amides is 1. The van der Waals surface area contributed by atoms with Gasteiger partial charge in [0.25, 0.3) is 0 Å². The average Bonchev–Trinajstić information content (AvgIpc) is 3.07. The highest BCUT2D eigenvalue weighted by molar-refractivity contribution is 5.76. The molecule has 0 aromatic heterocycles. The first-order valence-corrected chi connectivity index (χ1v) is 20.4. The van der Waals surface area contributed by atoms with Crippen LogP contribution in [0.3, 0.4) is 0 Å². The highest BCUT2D eigenvalue weighted by Gasteiger charge is 2.17. The van der Waals surface area contributed by atoms with Gasteiger partial charge in [0, 0.05) is 6.42 Å². The number of unbranched alkanes of at least 4 members (excludes halogenated alkanes) is 23. The fraction of sp³-hybridized carbons (Fsp3) is 0.791. The fourth-order valence-electron chi connectivity index (χ4n) is 5.86. The van der Waals surface area contributed by atoms with E-state index in [0.29, 0.717) is 6.42 Å². The van der Waals surface area contributed by atoms with Gasteiger partial charge in [-0.15, -0.1) is 0 Å². The zero-order valence-electron chi connectivity index (χ0n) is 31.3. The van der Waals surface area contributed by atoms with Crippen LogP contribution in [0.2, 0.25) is 0 Å². The zero-order valence-corrected chi connectivity index (χ0v) is 31.3. The molecule has 0 aromatic carbocycles. The van der Waals surface area contributed by atoms with Crippen LogP contribution in [0.5, 0.6) is 0 Å². The van der Waals surface area contributed by atoms with Crippen LogP contribution in [-0.4, -0.2) is 34.9 Å². The summed E-state index contributed by atoms with van der Waals surface area (Å²) in [4.78, 5) is 12.3. The Morgan fingerprint density at radius 2 is 0.915 bits per heavy atom. The Morgan fingerprint density at radius 3 is 1.43 bits per heavy atom. The summed E-state index contributed by atoms with van der Waals surface area (Å²) in [6, 6.07) is -0.646. The predicted molar refractivity (Wildman–Crippen MR) is 207 cm³/mol. The molecule has 0 heterocycles. The molecular weight excluding hydrogens is 578 g/mol. The number of carbonyl (C=O) groups is 1. The zero-order chi connectivity index (χ0) is 34.3. The predicted octanol–water partition coefficient (Wildman–Crippen LogP) is 12.4. The fourth-order valence-corrected chi connectivity index (χ4v) is 5.86. The maximum Gasteiger partial charge on any atom is 0.220 e. The number of hydrogen-bond acceptors (Lipinski definition) is 3. The summed E-state index contributed by atoms with van der Waals surface area (Å²) in [5, 5.41) is 22.9. The minimum atomic E-state index is -0.867. The van der Waals surface area contributed by atoms with Gasteiger partial charge >= 0.3 is 0 Å². The third-order valence-electron chi connectivity index (χ3n) is 9.03. The van der Waals surface area contributed by atoms with Gasteiger partial charge in [-0.1, -0.05) is 184 Å². The van der Waals surface area contributed by atoms with E-state index in [1.165, 1.54) is 128 Å². The first-order chi connectivity index (χ1) is 23.2. The molecule has 2 atom stereocenters. The lowest BCUT2D eigenvalue weighted by atomic mass is 10.0. The van der Waals surface area contributed by atoms with Crippen molar-refractivity contribution in [2.45, 2.75) is 212 Å². The maximum absolute atomic E-state index is 12.3. The van der Waals surface area contributed by atoms with Crippen molar-refractivity contribution < 1.29 is 15.0 Å². The van der Waals surface area contributed by atoms with Crippen LogP contribution in [0.25, 0.3) is 0 Å². The Bertz CT molecular complexity index is 756. The van der Waals surface area contributed by atoms with Crippen molar-refractivity contribution in [2.24, 2.45) is 0 Å². The normalized spacial score (nSPS) is 13.5. The van der Waals surface area contributed by atoms with E-state index >= 15 is 0 Å². The average molecular weight is 658 g/mol. The third-order valence-corrected chi connectivity index (χ3v) is 9.03. The topological polar surface area (TPSA) is 69.6 Å². The van der Waals surface area contributed by atoms with Gasteiger partial charge in [-0.2, -0.15) is 0 Å². The molecule has 0 aliphatic heterocycles. The first kappa shape index (κ1) is 45.3. The Hall–Kier alpha value is -1.65. The Morgan fingerprint density at radius 1 is 0.511 bits per heavy atom. The summed E-state index contributed by atoms with van der Waals surface area (Å²) < 4.78 is 0. The molecule has 3 N–H and O–H groups in total. The van der Waals surface area contributed by atoms with Gasteiger partial charge in [-0.05, 0) is 57.8 Å². The molecule has 4 nitrogen and oxygen atoms in total. The van der Waals surface area contributed by atoms with Gasteiger partial charge in [0.2, 0.25) is 5.91 Å². The lowest BCUT2D eigenvalue weighted by Crippen LogP contribution is -2.45. The van der Waals surface area contributed by atoms with E-state index in [-0.39, 0.29) is 12.5 Å². The number of hydrogen-bond donors (Lipinski definition) is 3. The molecular formula is C43H79NO3. The molecule has 0 aliphatic carbocycles. The molecule has 4 heteroatoms. The molecule has 0 rings (SSSR count). The summed E-state index contributed by atoms with van der Waals surface area (Å²) in [5.74, 6) is -0.0897. The lowest BCUT2D eigenvalue weighted by Gasteiger charge is -2.19. The summed E-state index contributed by atoms with van der Waals surface area (Å²) in [5.41, 5.74) is 0. The van der Waals surface area contributed by atoms with E-state index in [0.717, 1.165) is 51.4 Å². The number of rotatable bonds is 36. The van der Waals surface area contributed by atoms with E-state index in [4.69, 9.17) is 0 Å². The van der Waals surface area contributed by atoms with Crippen molar-refractivity contribution in [2.75, 3.05) is 6.61 Å². The molecule has 0 aliphatic rings. The number of allylic oxidation sites excluding steroid dienone is 7. The van der Waals surface area contributed by atoms with Crippen molar-refractivity contribution in [3.05, 3.63) is 48.6 Å². The largest absolute Gasteiger partial charge is 0.394 e. The van der Waals surface area contributed by atoms with E-state index < -0.39 is 12.1 Å². The molecule has 274 valence electrons. The highest BCUT2D eigenvalue weighted by atomic mass is 16.3. The van der Waals surface area contributed by atoms with Crippen LogP contribution >= 0.6 is 0 Å². The van der Waals surface area contributed by atoms with E-state index in [1.807, 2.05) is 6.08 Å². The Kier molecular flexibility index (Phi) is 37.4. The molecule has 0 bridgehead atoms. The van der Waals surface area contributed by atoms with Gasteiger partial charge in [0.05, 0.1) is 18.8 Å². The third kappa shape index (κ3) is 35.5. The van der Waals surface area contributed by atoms with Gasteiger partial charge < -0.3 is 15.5 Å². The van der Waals surface area contributed by atoms with Crippen LogP contribution < -0.4 is 5.32 Å². The van der Waals surface area contributed by atoms with Crippen molar-refractivity contribution in [1.82, 2.24) is 5.32 Å². The van der Waals surface area contributed by atoms with Crippen LogP contribution in [-0.2, 0) is 4.79 Å². The number of aliphatic hydroxyl groups excluding tert-OH is 2. The molecule has 0 saturated carbocycles. The van der Waals surface area contributed by atoms with E-state index in [2.05, 4.69) is 55.6 Å². The summed E-state index contributed by atoms with van der Waals surface area (Å²) in [6.45, 7) is 4.24. The molecule has 0 saturated heterocycles. The second-order valence-electron chi connectivity index (χ2n) is 13.7. The molecule has 2 unspecified atom stereocenters. The monoisotopic (exact) mass is 658 g/mol. The number of nitrogens with one attached hydrogen (secondary N) is 1. The minimum absolute atomic E-state index is 0.0897. The van der Waals surface area contributed by atoms with Gasteiger partial charge in [-0.3, -0.25) is 4.79 Å². The first-order valence-electron chi connectivity index (χ1n) is 20.4. The van der Waals surface area contributed by atoms with Crippen molar-refractivity contribution in [1.29, 1.82) is 0 Å². The molecule has 0 aromatic rings. The van der Waals surface area contributed by atoms with E-state index in [9.17, 15) is 15.0 Å².